The second-order valence-electron chi connectivity index (χ2n) is 4.77. The lowest BCUT2D eigenvalue weighted by Gasteiger charge is -2.07. The number of hydrogen-bond acceptors (Lipinski definition) is 6. The SMILES string of the molecule is O=C(NCCCNc1nsc2ncccc12)c1cccnc1Cl. The van der Waals surface area contributed by atoms with Crippen LogP contribution in [0.1, 0.15) is 16.8 Å². The van der Waals surface area contributed by atoms with Gasteiger partial charge in [0.05, 0.1) is 10.9 Å². The van der Waals surface area contributed by atoms with E-state index in [1.165, 1.54) is 11.5 Å². The number of fused-ring (bicyclic) bond motifs is 1. The van der Waals surface area contributed by atoms with Gasteiger partial charge < -0.3 is 10.6 Å². The summed E-state index contributed by atoms with van der Waals surface area (Å²) in [7, 11) is 0. The highest BCUT2D eigenvalue weighted by molar-refractivity contribution is 7.13. The number of nitrogens with one attached hydrogen (secondary N) is 2. The van der Waals surface area contributed by atoms with E-state index in [4.69, 9.17) is 11.6 Å². The van der Waals surface area contributed by atoms with Crippen molar-refractivity contribution >= 4 is 45.1 Å². The Hall–Kier alpha value is -2.25. The van der Waals surface area contributed by atoms with Crippen molar-refractivity contribution in [1.29, 1.82) is 0 Å². The van der Waals surface area contributed by atoms with E-state index in [1.807, 2.05) is 12.1 Å². The van der Waals surface area contributed by atoms with Crippen LogP contribution in [-0.4, -0.2) is 33.3 Å². The summed E-state index contributed by atoms with van der Waals surface area (Å²) >= 11 is 7.25. The predicted molar refractivity (Wildman–Crippen MR) is 92.1 cm³/mol. The van der Waals surface area contributed by atoms with Crippen LogP contribution in [0.2, 0.25) is 5.15 Å². The van der Waals surface area contributed by atoms with Crippen molar-refractivity contribution in [1.82, 2.24) is 19.7 Å². The maximum Gasteiger partial charge on any atom is 0.254 e. The molecule has 8 heteroatoms. The fraction of sp³-hybridized carbons (Fsp3) is 0.200. The van der Waals surface area contributed by atoms with E-state index >= 15 is 0 Å². The normalized spacial score (nSPS) is 10.7. The molecule has 0 radical (unpaired) electrons. The Morgan fingerprint density at radius 2 is 2.00 bits per heavy atom. The van der Waals surface area contributed by atoms with Crippen molar-refractivity contribution in [3.8, 4) is 0 Å². The molecular weight excluding hydrogens is 334 g/mol. The van der Waals surface area contributed by atoms with Crippen LogP contribution in [0.25, 0.3) is 10.2 Å². The fourth-order valence-electron chi connectivity index (χ4n) is 2.06. The molecule has 3 heterocycles. The number of halogens is 1. The van der Waals surface area contributed by atoms with Crippen LogP contribution in [0.4, 0.5) is 5.82 Å². The quantitative estimate of drug-likeness (QED) is 0.529. The first-order chi connectivity index (χ1) is 11.3. The van der Waals surface area contributed by atoms with E-state index in [1.54, 1.807) is 24.5 Å². The first-order valence-corrected chi connectivity index (χ1v) is 8.24. The molecule has 0 aromatic carbocycles. The molecule has 3 rings (SSSR count). The summed E-state index contributed by atoms with van der Waals surface area (Å²) in [5.41, 5.74) is 0.388. The summed E-state index contributed by atoms with van der Waals surface area (Å²) in [5.74, 6) is 0.617. The molecule has 0 aliphatic carbocycles. The van der Waals surface area contributed by atoms with Gasteiger partial charge in [0.15, 0.2) is 0 Å². The van der Waals surface area contributed by atoms with Crippen LogP contribution in [0.3, 0.4) is 0 Å². The van der Waals surface area contributed by atoms with Gasteiger partial charge in [0.1, 0.15) is 15.8 Å². The van der Waals surface area contributed by atoms with Crippen molar-refractivity contribution < 1.29 is 4.79 Å². The number of rotatable bonds is 6. The molecule has 3 aromatic heterocycles. The minimum Gasteiger partial charge on any atom is -0.369 e. The van der Waals surface area contributed by atoms with Crippen molar-refractivity contribution in [2.45, 2.75) is 6.42 Å². The Morgan fingerprint density at radius 3 is 2.87 bits per heavy atom. The largest absolute Gasteiger partial charge is 0.369 e. The summed E-state index contributed by atoms with van der Waals surface area (Å²) < 4.78 is 4.34. The lowest BCUT2D eigenvalue weighted by molar-refractivity contribution is 0.0953. The first-order valence-electron chi connectivity index (χ1n) is 7.08. The molecule has 6 nitrogen and oxygen atoms in total. The van der Waals surface area contributed by atoms with Crippen molar-refractivity contribution in [2.24, 2.45) is 0 Å². The molecule has 0 aliphatic rings. The minimum absolute atomic E-state index is 0.213. The number of nitrogens with zero attached hydrogens (tertiary/aromatic N) is 3. The molecule has 2 N–H and O–H groups in total. The molecular formula is C15H14ClN5OS. The lowest BCUT2D eigenvalue weighted by Crippen LogP contribution is -2.26. The lowest BCUT2D eigenvalue weighted by atomic mass is 10.2. The molecule has 0 spiro atoms. The number of amides is 1. The van der Waals surface area contributed by atoms with Gasteiger partial charge in [-0.2, -0.15) is 4.37 Å². The van der Waals surface area contributed by atoms with Gasteiger partial charge in [0.2, 0.25) is 0 Å². The molecule has 0 fully saturated rings. The summed E-state index contributed by atoms with van der Waals surface area (Å²) in [6.45, 7) is 1.24. The van der Waals surface area contributed by atoms with Crippen LogP contribution >= 0.6 is 23.1 Å². The van der Waals surface area contributed by atoms with Crippen LogP contribution in [0, 0.1) is 0 Å². The number of aromatic nitrogens is 3. The zero-order valence-electron chi connectivity index (χ0n) is 12.1. The number of carbonyl (C=O) groups excluding carboxylic acids is 1. The Balaban J connectivity index is 1.45. The van der Waals surface area contributed by atoms with Crippen molar-refractivity contribution in [2.75, 3.05) is 18.4 Å². The Kier molecular flexibility index (Phi) is 4.99. The highest BCUT2D eigenvalue weighted by Gasteiger charge is 2.09. The van der Waals surface area contributed by atoms with E-state index in [0.29, 0.717) is 18.7 Å². The summed E-state index contributed by atoms with van der Waals surface area (Å²) in [6.07, 6.45) is 4.07. The number of pyridine rings is 2. The number of hydrogen-bond donors (Lipinski definition) is 2. The van der Waals surface area contributed by atoms with Gasteiger partial charge in [-0.1, -0.05) is 11.6 Å². The van der Waals surface area contributed by atoms with Crippen molar-refractivity contribution in [3.05, 3.63) is 47.4 Å². The van der Waals surface area contributed by atoms with E-state index in [2.05, 4.69) is 25.0 Å². The molecule has 3 aromatic rings. The van der Waals surface area contributed by atoms with E-state index in [-0.39, 0.29) is 11.1 Å². The van der Waals surface area contributed by atoms with Gasteiger partial charge in [0, 0.05) is 25.5 Å². The third kappa shape index (κ3) is 3.75. The van der Waals surface area contributed by atoms with Crippen LogP contribution in [-0.2, 0) is 0 Å². The van der Waals surface area contributed by atoms with Gasteiger partial charge in [-0.15, -0.1) is 0 Å². The first kappa shape index (κ1) is 15.6. The van der Waals surface area contributed by atoms with E-state index in [0.717, 1.165) is 22.5 Å². The maximum atomic E-state index is 12.0. The molecule has 0 unspecified atom stereocenters. The minimum atomic E-state index is -0.216. The number of carbonyl (C=O) groups is 1. The van der Waals surface area contributed by atoms with Gasteiger partial charge in [0.25, 0.3) is 5.91 Å². The topological polar surface area (TPSA) is 79.8 Å². The fourth-order valence-corrected chi connectivity index (χ4v) is 2.97. The van der Waals surface area contributed by atoms with Gasteiger partial charge in [-0.05, 0) is 42.2 Å². The second kappa shape index (κ2) is 7.34. The molecule has 0 bridgehead atoms. The Morgan fingerprint density at radius 1 is 1.17 bits per heavy atom. The molecule has 0 aliphatic heterocycles. The molecule has 0 saturated heterocycles. The van der Waals surface area contributed by atoms with Crippen LogP contribution < -0.4 is 10.6 Å². The highest BCUT2D eigenvalue weighted by Crippen LogP contribution is 2.23. The van der Waals surface area contributed by atoms with Gasteiger partial charge in [-0.3, -0.25) is 4.79 Å². The van der Waals surface area contributed by atoms with Crippen LogP contribution in [0.5, 0.6) is 0 Å². The zero-order valence-corrected chi connectivity index (χ0v) is 13.7. The maximum absolute atomic E-state index is 12.0. The van der Waals surface area contributed by atoms with E-state index in [9.17, 15) is 4.79 Å². The predicted octanol–water partition coefficient (Wildman–Crippen LogP) is 2.97. The molecule has 1 amide bonds. The van der Waals surface area contributed by atoms with Gasteiger partial charge in [-0.25, -0.2) is 9.97 Å². The highest BCUT2D eigenvalue weighted by atomic mass is 35.5. The monoisotopic (exact) mass is 347 g/mol. The zero-order chi connectivity index (χ0) is 16.1. The number of anilines is 1. The average Bonchev–Trinajstić information content (AvgIpc) is 2.98. The molecule has 118 valence electrons. The average molecular weight is 348 g/mol. The molecule has 23 heavy (non-hydrogen) atoms. The van der Waals surface area contributed by atoms with Gasteiger partial charge >= 0.3 is 0 Å². The second-order valence-corrected chi connectivity index (χ2v) is 5.88. The summed E-state index contributed by atoms with van der Waals surface area (Å²) in [4.78, 5) is 21.0. The smallest absolute Gasteiger partial charge is 0.254 e. The van der Waals surface area contributed by atoms with Crippen molar-refractivity contribution in [3.63, 3.8) is 0 Å². The summed E-state index contributed by atoms with van der Waals surface area (Å²) in [5, 5.41) is 7.32. The molecule has 0 saturated carbocycles. The molecule has 0 atom stereocenters. The standard InChI is InChI=1S/C15H14ClN5OS/c16-12-10(4-1-6-17-12)14(22)19-9-3-8-18-13-11-5-2-7-20-15(11)23-21-13/h1-2,4-7H,3,8-9H2,(H,18,21)(H,19,22). The Bertz CT molecular complexity index is 822. The third-order valence-corrected chi connectivity index (χ3v) is 4.26. The van der Waals surface area contributed by atoms with Crippen LogP contribution in [0.15, 0.2) is 36.7 Å². The third-order valence-electron chi connectivity index (χ3n) is 3.18. The van der Waals surface area contributed by atoms with E-state index < -0.39 is 0 Å². The summed E-state index contributed by atoms with van der Waals surface area (Å²) in [6, 6.07) is 7.21. The Labute approximate surface area is 142 Å².